The fraction of sp³-hybridized carbons (Fsp3) is 0.344. The van der Waals surface area contributed by atoms with Gasteiger partial charge in [0.15, 0.2) is 5.69 Å². The van der Waals surface area contributed by atoms with Crippen LogP contribution in [-0.4, -0.2) is 41.9 Å². The zero-order valence-electron chi connectivity index (χ0n) is 23.6. The molecule has 2 aromatic carbocycles. The highest BCUT2D eigenvalue weighted by Crippen LogP contribution is 2.41. The van der Waals surface area contributed by atoms with Crippen LogP contribution in [0.15, 0.2) is 78.0 Å². The van der Waals surface area contributed by atoms with Gasteiger partial charge in [0.25, 0.3) is 5.91 Å². The molecule has 1 unspecified atom stereocenters. The number of benzene rings is 2. The van der Waals surface area contributed by atoms with Gasteiger partial charge in [-0.1, -0.05) is 31.0 Å². The number of hydrogen-bond acceptors (Lipinski definition) is 6. The summed E-state index contributed by atoms with van der Waals surface area (Å²) >= 11 is 0. The van der Waals surface area contributed by atoms with Gasteiger partial charge in [0.2, 0.25) is 0 Å². The van der Waals surface area contributed by atoms with Gasteiger partial charge in [-0.3, -0.25) is 4.79 Å². The molecule has 1 heterocycles. The first-order chi connectivity index (χ1) is 20.7. The van der Waals surface area contributed by atoms with Gasteiger partial charge in [0.05, 0.1) is 17.3 Å². The fourth-order valence-corrected chi connectivity index (χ4v) is 5.12. The second kappa shape index (κ2) is 13.3. The molecule has 0 spiro atoms. The number of alkyl halides is 3. The molecule has 0 bridgehead atoms. The van der Waals surface area contributed by atoms with E-state index in [0.29, 0.717) is 12.2 Å². The van der Waals surface area contributed by atoms with E-state index in [1.165, 1.54) is 42.7 Å². The first-order valence-electron chi connectivity index (χ1n) is 14.4. The first-order valence-corrected chi connectivity index (χ1v) is 14.4. The average Bonchev–Trinajstić information content (AvgIpc) is 3.68. The van der Waals surface area contributed by atoms with Gasteiger partial charge in [0.1, 0.15) is 5.69 Å². The summed E-state index contributed by atoms with van der Waals surface area (Å²) in [6.45, 7) is 2.98. The average molecular weight is 590 g/mol. The molecule has 1 fully saturated rings. The third-order valence-electron chi connectivity index (χ3n) is 7.56. The monoisotopic (exact) mass is 589 g/mol. The van der Waals surface area contributed by atoms with Gasteiger partial charge in [-0.25, -0.2) is 4.68 Å². The zero-order valence-corrected chi connectivity index (χ0v) is 23.6. The quantitative estimate of drug-likeness (QED) is 0.191. The van der Waals surface area contributed by atoms with Crippen molar-refractivity contribution in [1.82, 2.24) is 20.4 Å². The Hall–Kier alpha value is -4.40. The third kappa shape index (κ3) is 7.71. The minimum Gasteiger partial charge on any atom is -0.384 e. The minimum atomic E-state index is -4.75. The number of nitrogens with one attached hydrogen (secondary N) is 3. The van der Waals surface area contributed by atoms with E-state index in [4.69, 9.17) is 5.73 Å². The largest absolute Gasteiger partial charge is 0.435 e. The number of amides is 1. The van der Waals surface area contributed by atoms with Crippen molar-refractivity contribution in [3.8, 4) is 11.8 Å². The first kappa shape index (κ1) is 30.1. The van der Waals surface area contributed by atoms with Crippen molar-refractivity contribution in [1.29, 1.82) is 5.26 Å². The van der Waals surface area contributed by atoms with E-state index >= 15 is 0 Å². The molecule has 1 atom stereocenters. The summed E-state index contributed by atoms with van der Waals surface area (Å²) in [5.74, 6) is 0.146. The summed E-state index contributed by atoms with van der Waals surface area (Å²) in [4.78, 5) is 13.4. The summed E-state index contributed by atoms with van der Waals surface area (Å²) in [5, 5.41) is 22.3. The Balaban J connectivity index is 1.34. The molecule has 0 aliphatic heterocycles. The Bertz CT molecular complexity index is 1560. The van der Waals surface area contributed by atoms with Crippen LogP contribution >= 0.6 is 0 Å². The fourth-order valence-electron chi connectivity index (χ4n) is 5.12. The van der Waals surface area contributed by atoms with E-state index in [1.54, 1.807) is 6.07 Å². The molecule has 1 saturated carbocycles. The predicted molar refractivity (Wildman–Crippen MR) is 158 cm³/mol. The summed E-state index contributed by atoms with van der Waals surface area (Å²) < 4.78 is 41.7. The van der Waals surface area contributed by atoms with E-state index < -0.39 is 17.8 Å². The molecule has 43 heavy (non-hydrogen) atoms. The molecule has 1 amide bonds. The summed E-state index contributed by atoms with van der Waals surface area (Å²) in [7, 11) is 0. The molecule has 2 aliphatic rings. The van der Waals surface area contributed by atoms with Crippen molar-refractivity contribution in [2.24, 2.45) is 11.7 Å². The maximum Gasteiger partial charge on any atom is 0.435 e. The van der Waals surface area contributed by atoms with Crippen molar-refractivity contribution in [3.05, 3.63) is 101 Å². The third-order valence-corrected chi connectivity index (χ3v) is 7.56. The molecule has 224 valence electrons. The topological polar surface area (TPSA) is 121 Å². The lowest BCUT2D eigenvalue weighted by Gasteiger charge is -2.26. The molecule has 11 heteroatoms. The lowest BCUT2D eigenvalue weighted by atomic mass is 9.82. The highest BCUT2D eigenvalue weighted by molar-refractivity contribution is 6.03. The Labute approximate surface area is 248 Å². The molecule has 5 N–H and O–H groups in total. The molecule has 1 aromatic heterocycles. The summed E-state index contributed by atoms with van der Waals surface area (Å²) in [6, 6.07) is 16.1. The summed E-state index contributed by atoms with van der Waals surface area (Å²) in [6.07, 6.45) is 4.14. The Morgan fingerprint density at radius 3 is 2.60 bits per heavy atom. The maximum atomic E-state index is 13.6. The molecular weight excluding hydrogens is 555 g/mol. The number of nitrogens with zero attached hydrogens (tertiary/aromatic N) is 3. The van der Waals surface area contributed by atoms with Crippen LogP contribution in [0.1, 0.15) is 58.9 Å². The highest BCUT2D eigenvalue weighted by atomic mass is 19.4. The van der Waals surface area contributed by atoms with Crippen LogP contribution in [0.2, 0.25) is 0 Å². The van der Waals surface area contributed by atoms with Crippen LogP contribution in [-0.2, 0) is 6.18 Å². The maximum absolute atomic E-state index is 13.6. The standard InChI is InChI=1S/C32H34F3N7O/c33-32(34,35)30-19-29(42(41-30)27-6-1-3-22(15-27)20-37)31(43)40-25-5-2-4-23(16-25)28(10-9-21-7-8-21)24-17-26(18-24)39-14-13-38-12-11-36/h1-6,15-19,21,28,38-39H,7-14,36H2,(H,40,43). The molecule has 8 nitrogen and oxygen atoms in total. The van der Waals surface area contributed by atoms with Gasteiger partial charge in [-0.15, -0.1) is 0 Å². The van der Waals surface area contributed by atoms with Crippen LogP contribution in [0.3, 0.4) is 0 Å². The molecule has 0 radical (unpaired) electrons. The number of nitrogens with two attached hydrogens (primary N) is 1. The van der Waals surface area contributed by atoms with Crippen molar-refractivity contribution in [3.63, 3.8) is 0 Å². The number of hydrogen-bond donors (Lipinski definition) is 4. The number of carbonyl (C=O) groups is 1. The Kier molecular flexibility index (Phi) is 9.28. The normalized spacial score (nSPS) is 15.1. The number of allylic oxidation sites excluding steroid dienone is 3. The van der Waals surface area contributed by atoms with Crippen LogP contribution in [0.4, 0.5) is 18.9 Å². The number of anilines is 1. The van der Waals surface area contributed by atoms with Crippen LogP contribution in [0.25, 0.3) is 5.69 Å². The summed E-state index contributed by atoms with van der Waals surface area (Å²) in [5.41, 5.74) is 8.20. The molecule has 2 aliphatic carbocycles. The van der Waals surface area contributed by atoms with Gasteiger partial charge in [-0.05, 0) is 72.4 Å². The molecule has 5 rings (SSSR count). The van der Waals surface area contributed by atoms with Gasteiger partial charge < -0.3 is 21.7 Å². The number of aromatic nitrogens is 2. The van der Waals surface area contributed by atoms with Crippen LogP contribution < -0.4 is 21.7 Å². The van der Waals surface area contributed by atoms with Gasteiger partial charge in [-0.2, -0.15) is 23.5 Å². The van der Waals surface area contributed by atoms with Gasteiger partial charge in [0, 0.05) is 49.5 Å². The second-order valence-corrected chi connectivity index (χ2v) is 10.8. The zero-order chi connectivity index (χ0) is 30.4. The van der Waals surface area contributed by atoms with E-state index in [1.807, 2.05) is 24.3 Å². The molecule has 3 aromatic rings. The van der Waals surface area contributed by atoms with Crippen molar-refractivity contribution in [2.45, 2.75) is 37.8 Å². The predicted octanol–water partition coefficient (Wildman–Crippen LogP) is 5.25. The number of halogens is 3. The van der Waals surface area contributed by atoms with E-state index in [9.17, 15) is 23.2 Å². The Morgan fingerprint density at radius 1 is 1.09 bits per heavy atom. The van der Waals surface area contributed by atoms with E-state index in [0.717, 1.165) is 60.4 Å². The van der Waals surface area contributed by atoms with Gasteiger partial charge >= 0.3 is 6.18 Å². The second-order valence-electron chi connectivity index (χ2n) is 10.8. The molecule has 0 saturated heterocycles. The smallest absolute Gasteiger partial charge is 0.384 e. The number of carbonyl (C=O) groups excluding carboxylic acids is 1. The minimum absolute atomic E-state index is 0.134. The van der Waals surface area contributed by atoms with E-state index in [2.05, 4.69) is 33.2 Å². The Morgan fingerprint density at radius 2 is 1.88 bits per heavy atom. The van der Waals surface area contributed by atoms with Crippen molar-refractivity contribution < 1.29 is 18.0 Å². The lowest BCUT2D eigenvalue weighted by molar-refractivity contribution is -0.141. The van der Waals surface area contributed by atoms with Crippen LogP contribution in [0, 0.1) is 17.2 Å². The highest BCUT2D eigenvalue weighted by Gasteiger charge is 2.36. The van der Waals surface area contributed by atoms with Crippen LogP contribution in [0.5, 0.6) is 0 Å². The SMILES string of the molecule is N#Cc1cccc(-n2nc(C(F)(F)F)cc2C(=O)Nc2cccc(C(CCC3CC3)C3=CC(NCCNCCN)=C3)c2)c1. The molecular formula is C32H34F3N7O. The lowest BCUT2D eigenvalue weighted by Crippen LogP contribution is -2.31. The number of nitriles is 1. The van der Waals surface area contributed by atoms with Crippen molar-refractivity contribution in [2.75, 3.05) is 31.5 Å². The number of rotatable bonds is 14. The van der Waals surface area contributed by atoms with Crippen molar-refractivity contribution >= 4 is 11.6 Å². The van der Waals surface area contributed by atoms with E-state index in [-0.39, 0.29) is 22.9 Å².